The molecule has 3 fully saturated rings. The van der Waals surface area contributed by atoms with Crippen LogP contribution in [0.2, 0.25) is 0 Å². The fourth-order valence-electron chi connectivity index (χ4n) is 5.46. The smallest absolute Gasteiger partial charge is 0.0959 e. The molecule has 0 aromatic rings. The van der Waals surface area contributed by atoms with Gasteiger partial charge in [0.2, 0.25) is 0 Å². The van der Waals surface area contributed by atoms with Crippen molar-refractivity contribution in [2.24, 2.45) is 11.3 Å². The Balaban J connectivity index is 1.86. The average Bonchev–Trinajstić information content (AvgIpc) is 2.60. The van der Waals surface area contributed by atoms with Crippen LogP contribution in [0, 0.1) is 11.3 Å². The fraction of sp³-hybridized carbons (Fsp3) is 0.900. The van der Waals surface area contributed by atoms with Crippen LogP contribution in [-0.2, 0) is 4.74 Å². The Bertz CT molecular complexity index is 498. The van der Waals surface area contributed by atoms with Crippen LogP contribution in [-0.4, -0.2) is 70.9 Å². The lowest BCUT2D eigenvalue weighted by Gasteiger charge is -2.59. The highest BCUT2D eigenvalue weighted by molar-refractivity contribution is 5.22. The number of ether oxygens (including phenoxy) is 1. The molecule has 5 heteroatoms. The number of aliphatic hydroxyl groups is 3. The van der Waals surface area contributed by atoms with Gasteiger partial charge in [0.25, 0.3) is 0 Å². The van der Waals surface area contributed by atoms with Gasteiger partial charge in [0.05, 0.1) is 23.9 Å². The number of hydrogen-bond acceptors (Lipinski definition) is 5. The lowest BCUT2D eigenvalue weighted by Crippen LogP contribution is -2.67. The van der Waals surface area contributed by atoms with Gasteiger partial charge >= 0.3 is 0 Å². The summed E-state index contributed by atoms with van der Waals surface area (Å²) in [5.74, 6) is 0.115. The molecule has 5 nitrogen and oxygen atoms in total. The standard InChI is InChI=1S/C20H35NO4/c1-3-21-13-16-6-4-8-18(14-21,15-22)20(16,24)11-10-19(23)9-5-7-17(12-19)25-2/h10-11,16-17,22-24H,3-9,12-15H2,1-2H3/b11-10-/t16-,17-,18+,19-,20+/m1/s1. The van der Waals surface area contributed by atoms with E-state index in [1.54, 1.807) is 7.11 Å². The molecule has 3 N–H and O–H groups in total. The lowest BCUT2D eigenvalue weighted by molar-refractivity contribution is -0.183. The van der Waals surface area contributed by atoms with Gasteiger partial charge in [-0.2, -0.15) is 0 Å². The second-order valence-electron chi connectivity index (χ2n) is 8.57. The second-order valence-corrected chi connectivity index (χ2v) is 8.57. The normalized spacial score (nSPS) is 45.8. The van der Waals surface area contributed by atoms with Crippen molar-refractivity contribution in [1.82, 2.24) is 4.90 Å². The van der Waals surface area contributed by atoms with E-state index in [9.17, 15) is 15.3 Å². The van der Waals surface area contributed by atoms with Crippen molar-refractivity contribution in [3.05, 3.63) is 12.2 Å². The van der Waals surface area contributed by atoms with Crippen molar-refractivity contribution < 1.29 is 20.1 Å². The van der Waals surface area contributed by atoms with Gasteiger partial charge in [-0.1, -0.05) is 25.5 Å². The van der Waals surface area contributed by atoms with Gasteiger partial charge in [-0.25, -0.2) is 0 Å². The molecule has 0 aromatic carbocycles. The van der Waals surface area contributed by atoms with E-state index in [1.165, 1.54) is 0 Å². The van der Waals surface area contributed by atoms with Crippen LogP contribution in [0.3, 0.4) is 0 Å². The third-order valence-corrected chi connectivity index (χ3v) is 7.13. The van der Waals surface area contributed by atoms with Crippen LogP contribution in [0.5, 0.6) is 0 Å². The van der Waals surface area contributed by atoms with Crippen LogP contribution in [0.15, 0.2) is 12.2 Å². The summed E-state index contributed by atoms with van der Waals surface area (Å²) in [7, 11) is 1.69. The fourth-order valence-corrected chi connectivity index (χ4v) is 5.46. The Morgan fingerprint density at radius 3 is 2.60 bits per heavy atom. The molecule has 5 atom stereocenters. The minimum atomic E-state index is -1.04. The Morgan fingerprint density at radius 2 is 1.92 bits per heavy atom. The summed E-state index contributed by atoms with van der Waals surface area (Å²) < 4.78 is 5.44. The maximum atomic E-state index is 11.7. The van der Waals surface area contributed by atoms with E-state index in [2.05, 4.69) is 11.8 Å². The van der Waals surface area contributed by atoms with Crippen molar-refractivity contribution >= 4 is 0 Å². The predicted octanol–water partition coefficient (Wildman–Crippen LogP) is 1.71. The van der Waals surface area contributed by atoms with Gasteiger partial charge in [0, 0.05) is 38.0 Å². The molecule has 2 aliphatic carbocycles. The number of aliphatic hydroxyl groups excluding tert-OH is 1. The largest absolute Gasteiger partial charge is 0.396 e. The summed E-state index contributed by atoms with van der Waals surface area (Å²) >= 11 is 0. The molecule has 0 spiro atoms. The summed E-state index contributed by atoms with van der Waals surface area (Å²) in [6.45, 7) is 4.64. The zero-order valence-corrected chi connectivity index (χ0v) is 15.8. The van der Waals surface area contributed by atoms with Gasteiger partial charge in [0.1, 0.15) is 0 Å². The van der Waals surface area contributed by atoms with Crippen molar-refractivity contribution in [1.29, 1.82) is 0 Å². The van der Waals surface area contributed by atoms with Gasteiger partial charge in [-0.05, 0) is 38.6 Å². The lowest BCUT2D eigenvalue weighted by atomic mass is 9.55. The summed E-state index contributed by atoms with van der Waals surface area (Å²) in [6.07, 6.45) is 9.78. The van der Waals surface area contributed by atoms with E-state index in [1.807, 2.05) is 12.2 Å². The first-order valence-corrected chi connectivity index (χ1v) is 9.91. The summed E-state index contributed by atoms with van der Waals surface area (Å²) in [6, 6.07) is 0. The van der Waals surface area contributed by atoms with Crippen molar-refractivity contribution in [2.75, 3.05) is 33.4 Å². The van der Waals surface area contributed by atoms with Crippen LogP contribution < -0.4 is 0 Å². The summed E-state index contributed by atoms with van der Waals surface area (Å²) in [4.78, 5) is 2.35. The molecule has 0 radical (unpaired) electrons. The van der Waals surface area contributed by atoms with Gasteiger partial charge < -0.3 is 25.0 Å². The molecule has 1 saturated heterocycles. The van der Waals surface area contributed by atoms with Gasteiger partial charge in [0.15, 0.2) is 0 Å². The molecule has 2 bridgehead atoms. The molecule has 3 aliphatic rings. The van der Waals surface area contributed by atoms with Crippen LogP contribution in [0.1, 0.15) is 51.9 Å². The third-order valence-electron chi connectivity index (χ3n) is 7.13. The van der Waals surface area contributed by atoms with Crippen LogP contribution in [0.25, 0.3) is 0 Å². The van der Waals surface area contributed by atoms with E-state index < -0.39 is 16.6 Å². The SMILES string of the molecule is CCN1C[C@H]2CCC[C@@](CO)(C1)[C@]2(O)/C=C\[C@]1(O)CCC[C@@H](OC)C1. The van der Waals surface area contributed by atoms with E-state index in [4.69, 9.17) is 4.74 Å². The number of piperidine rings is 1. The first kappa shape index (κ1) is 19.3. The van der Waals surface area contributed by atoms with Crippen molar-refractivity contribution in [2.45, 2.75) is 69.2 Å². The Labute approximate surface area is 151 Å². The minimum absolute atomic E-state index is 0.0139. The van der Waals surface area contributed by atoms with Crippen molar-refractivity contribution in [3.8, 4) is 0 Å². The Hall–Kier alpha value is -0.460. The highest BCUT2D eigenvalue weighted by Gasteiger charge is 2.58. The number of methoxy groups -OCH3 is 1. The number of hydrogen-bond donors (Lipinski definition) is 3. The maximum Gasteiger partial charge on any atom is 0.0959 e. The predicted molar refractivity (Wildman–Crippen MR) is 97.3 cm³/mol. The van der Waals surface area contributed by atoms with E-state index >= 15 is 0 Å². The van der Waals surface area contributed by atoms with E-state index in [-0.39, 0.29) is 18.6 Å². The molecule has 144 valence electrons. The molecule has 1 aliphatic heterocycles. The molecular weight excluding hydrogens is 318 g/mol. The molecule has 25 heavy (non-hydrogen) atoms. The molecule has 0 amide bonds. The molecule has 1 heterocycles. The molecule has 3 rings (SSSR count). The molecule has 0 aromatic heterocycles. The average molecular weight is 354 g/mol. The van der Waals surface area contributed by atoms with E-state index in [0.717, 1.165) is 51.7 Å². The number of likely N-dealkylation sites (tertiary alicyclic amines) is 1. The first-order valence-electron chi connectivity index (χ1n) is 9.91. The molecule has 0 unspecified atom stereocenters. The zero-order valence-electron chi connectivity index (χ0n) is 15.8. The first-order chi connectivity index (χ1) is 11.9. The molecule has 2 saturated carbocycles. The summed E-state index contributed by atoms with van der Waals surface area (Å²) in [5.41, 5.74) is -2.48. The number of nitrogens with zero attached hydrogens (tertiary/aromatic N) is 1. The number of fused-ring (bicyclic) bond motifs is 2. The van der Waals surface area contributed by atoms with Crippen LogP contribution >= 0.6 is 0 Å². The maximum absolute atomic E-state index is 11.7. The summed E-state index contributed by atoms with van der Waals surface area (Å²) in [5, 5.41) is 32.9. The monoisotopic (exact) mass is 353 g/mol. The van der Waals surface area contributed by atoms with Crippen LogP contribution in [0.4, 0.5) is 0 Å². The van der Waals surface area contributed by atoms with Gasteiger partial charge in [-0.3, -0.25) is 0 Å². The quantitative estimate of drug-likeness (QED) is 0.656. The van der Waals surface area contributed by atoms with E-state index in [0.29, 0.717) is 12.8 Å². The zero-order chi connectivity index (χ0) is 18.1. The highest BCUT2D eigenvalue weighted by Crippen LogP contribution is 2.52. The third kappa shape index (κ3) is 3.42. The van der Waals surface area contributed by atoms with Crippen molar-refractivity contribution in [3.63, 3.8) is 0 Å². The topological polar surface area (TPSA) is 73.2 Å². The van der Waals surface area contributed by atoms with Gasteiger partial charge in [-0.15, -0.1) is 0 Å². The molecular formula is C20H35NO4. The Morgan fingerprint density at radius 1 is 1.16 bits per heavy atom. The Kier molecular flexibility index (Phi) is 5.62. The number of rotatable bonds is 5. The second kappa shape index (κ2) is 7.28. The minimum Gasteiger partial charge on any atom is -0.396 e. The highest BCUT2D eigenvalue weighted by atomic mass is 16.5.